The highest BCUT2D eigenvalue weighted by Gasteiger charge is 2.48. The highest BCUT2D eigenvalue weighted by Crippen LogP contribution is 2.28. The van der Waals surface area contributed by atoms with Crippen LogP contribution in [0.25, 0.3) is 10.9 Å². The van der Waals surface area contributed by atoms with Crippen molar-refractivity contribution in [1.82, 2.24) is 9.78 Å². The maximum absolute atomic E-state index is 12.4. The van der Waals surface area contributed by atoms with E-state index in [1.165, 1.54) is 6.07 Å². The van der Waals surface area contributed by atoms with Gasteiger partial charge in [0.2, 0.25) is 0 Å². The Kier molecular flexibility index (Phi) is 4.53. The molecule has 0 aliphatic carbocycles. The van der Waals surface area contributed by atoms with E-state index in [1.54, 1.807) is 30.1 Å². The van der Waals surface area contributed by atoms with Crippen molar-refractivity contribution < 1.29 is 30.5 Å². The molecule has 0 spiro atoms. The Morgan fingerprint density at radius 2 is 1.73 bits per heavy atom. The second-order valence-corrected chi connectivity index (χ2v) is 6.92. The summed E-state index contributed by atoms with van der Waals surface area (Å²) in [5, 5.41) is 4.87. The third-order valence-corrected chi connectivity index (χ3v) is 4.50. The Balaban J connectivity index is 1.83. The van der Waals surface area contributed by atoms with Gasteiger partial charge in [-0.2, -0.15) is 26.7 Å². The lowest BCUT2D eigenvalue weighted by molar-refractivity contribution is -0.0500. The number of alkyl halides is 3. The summed E-state index contributed by atoms with van der Waals surface area (Å²) in [6.07, 6.45) is 1.70. The molecule has 0 N–H and O–H groups in total. The van der Waals surface area contributed by atoms with E-state index >= 15 is 0 Å². The van der Waals surface area contributed by atoms with Crippen LogP contribution in [0.5, 0.6) is 11.5 Å². The number of ether oxygens (including phenoxy) is 1. The lowest BCUT2D eigenvalue weighted by Crippen LogP contribution is -2.28. The first-order valence-electron chi connectivity index (χ1n) is 7.29. The Hall–Kier alpha value is -2.75. The molecule has 0 fully saturated rings. The summed E-state index contributed by atoms with van der Waals surface area (Å²) in [7, 11) is -4.15. The molecule has 1 heterocycles. The second-order valence-electron chi connectivity index (χ2n) is 5.38. The number of methoxy groups -OCH3 is 1. The number of aromatic nitrogens is 2. The van der Waals surface area contributed by atoms with Crippen LogP contribution in [0, 0.1) is 0 Å². The van der Waals surface area contributed by atoms with E-state index in [1.807, 2.05) is 12.1 Å². The molecule has 0 bridgehead atoms. The second kappa shape index (κ2) is 6.52. The quantitative estimate of drug-likeness (QED) is 0.497. The van der Waals surface area contributed by atoms with Crippen molar-refractivity contribution in [3.05, 3.63) is 54.2 Å². The van der Waals surface area contributed by atoms with E-state index in [0.717, 1.165) is 17.7 Å². The lowest BCUT2D eigenvalue weighted by Gasteiger charge is -2.08. The van der Waals surface area contributed by atoms with Gasteiger partial charge in [0, 0.05) is 17.6 Å². The number of hydrogen-bond donors (Lipinski definition) is 0. The van der Waals surface area contributed by atoms with Crippen LogP contribution in [-0.2, 0) is 16.7 Å². The molecule has 2 aromatic carbocycles. The fourth-order valence-electron chi connectivity index (χ4n) is 2.27. The van der Waals surface area contributed by atoms with Crippen LogP contribution in [0.3, 0.4) is 0 Å². The van der Waals surface area contributed by atoms with Crippen molar-refractivity contribution in [2.24, 2.45) is 0 Å². The largest absolute Gasteiger partial charge is 0.534 e. The zero-order chi connectivity index (χ0) is 18.9. The third kappa shape index (κ3) is 3.74. The van der Waals surface area contributed by atoms with Crippen LogP contribution in [0.1, 0.15) is 5.56 Å². The molecule has 3 rings (SSSR count). The molecule has 0 amide bonds. The number of fused-ring (bicyclic) bond motifs is 1. The first-order valence-corrected chi connectivity index (χ1v) is 8.70. The van der Waals surface area contributed by atoms with Crippen LogP contribution in [0.15, 0.2) is 48.7 Å². The molecule has 6 nitrogen and oxygen atoms in total. The molecule has 0 radical (unpaired) electrons. The molecule has 0 saturated carbocycles. The summed E-state index contributed by atoms with van der Waals surface area (Å²) < 4.78 is 70.1. The third-order valence-electron chi connectivity index (χ3n) is 3.52. The van der Waals surface area contributed by atoms with Gasteiger partial charge in [0.1, 0.15) is 11.5 Å². The summed E-state index contributed by atoms with van der Waals surface area (Å²) in [6, 6.07) is 11.0. The minimum absolute atomic E-state index is 0.313. The highest BCUT2D eigenvalue weighted by molar-refractivity contribution is 7.88. The van der Waals surface area contributed by atoms with Crippen molar-refractivity contribution in [3.8, 4) is 11.5 Å². The van der Waals surface area contributed by atoms with Gasteiger partial charge in [-0.1, -0.05) is 12.1 Å². The maximum Gasteiger partial charge on any atom is 0.534 e. The number of benzene rings is 2. The molecule has 0 atom stereocenters. The molecule has 0 saturated heterocycles. The molecule has 26 heavy (non-hydrogen) atoms. The van der Waals surface area contributed by atoms with Crippen molar-refractivity contribution >= 4 is 21.0 Å². The van der Waals surface area contributed by atoms with Gasteiger partial charge in [-0.15, -0.1) is 0 Å². The van der Waals surface area contributed by atoms with Crippen molar-refractivity contribution in [1.29, 1.82) is 0 Å². The maximum atomic E-state index is 12.4. The Bertz CT molecular complexity index is 1030. The van der Waals surface area contributed by atoms with E-state index in [0.29, 0.717) is 23.2 Å². The monoisotopic (exact) mass is 386 g/mol. The molecule has 10 heteroatoms. The van der Waals surface area contributed by atoms with E-state index in [4.69, 9.17) is 4.74 Å². The van der Waals surface area contributed by atoms with E-state index in [9.17, 15) is 21.6 Å². The number of rotatable bonds is 5. The fourth-order valence-corrected chi connectivity index (χ4v) is 2.72. The number of nitrogens with zero attached hydrogens (tertiary/aromatic N) is 2. The predicted molar refractivity (Wildman–Crippen MR) is 87.4 cm³/mol. The summed E-state index contributed by atoms with van der Waals surface area (Å²) in [6.45, 7) is 0.426. The first kappa shape index (κ1) is 18.1. The van der Waals surface area contributed by atoms with Crippen LogP contribution in [-0.4, -0.2) is 30.8 Å². The van der Waals surface area contributed by atoms with Crippen LogP contribution in [0.2, 0.25) is 0 Å². The minimum atomic E-state index is -5.71. The van der Waals surface area contributed by atoms with Gasteiger partial charge < -0.3 is 8.92 Å². The molecule has 0 aliphatic heterocycles. The normalized spacial score (nSPS) is 12.3. The zero-order valence-corrected chi connectivity index (χ0v) is 14.2. The standard InChI is InChI=1S/C16H13F3N2O4S/c1-24-13-5-2-11(3-6-13)9-21-10-12-4-7-14(8-15(12)20-21)25-26(22,23)16(17,18)19/h2-8,10H,9H2,1H3. The smallest absolute Gasteiger partial charge is 0.497 e. The molecule has 0 aliphatic rings. The number of halogens is 3. The van der Waals surface area contributed by atoms with E-state index < -0.39 is 21.4 Å². The van der Waals surface area contributed by atoms with Gasteiger partial charge in [0.05, 0.1) is 19.2 Å². The SMILES string of the molecule is COc1ccc(Cn2cc3ccc(OS(=O)(=O)C(F)(F)F)cc3n2)cc1. The zero-order valence-electron chi connectivity index (χ0n) is 13.4. The predicted octanol–water partition coefficient (Wildman–Crippen LogP) is 3.32. The van der Waals surface area contributed by atoms with E-state index in [-0.39, 0.29) is 0 Å². The first-order chi connectivity index (χ1) is 12.2. The van der Waals surface area contributed by atoms with Crippen LogP contribution >= 0.6 is 0 Å². The minimum Gasteiger partial charge on any atom is -0.497 e. The molecular weight excluding hydrogens is 373 g/mol. The molecule has 3 aromatic rings. The van der Waals surface area contributed by atoms with Crippen LogP contribution in [0.4, 0.5) is 13.2 Å². The fraction of sp³-hybridized carbons (Fsp3) is 0.188. The van der Waals surface area contributed by atoms with Crippen molar-refractivity contribution in [3.63, 3.8) is 0 Å². The van der Waals surface area contributed by atoms with Gasteiger partial charge in [0.25, 0.3) is 0 Å². The van der Waals surface area contributed by atoms with Gasteiger partial charge in [0.15, 0.2) is 0 Å². The molecule has 1 aromatic heterocycles. The molecule has 138 valence electrons. The van der Waals surface area contributed by atoms with Gasteiger partial charge >= 0.3 is 15.6 Å². The Morgan fingerprint density at radius 1 is 1.08 bits per heavy atom. The lowest BCUT2D eigenvalue weighted by atomic mass is 10.2. The molecule has 0 unspecified atom stereocenters. The summed E-state index contributed by atoms with van der Waals surface area (Å²) in [5.74, 6) is 0.261. The highest BCUT2D eigenvalue weighted by atomic mass is 32.2. The van der Waals surface area contributed by atoms with Gasteiger partial charge in [-0.3, -0.25) is 4.68 Å². The van der Waals surface area contributed by atoms with Gasteiger partial charge in [-0.25, -0.2) is 0 Å². The average Bonchev–Trinajstić information content (AvgIpc) is 2.95. The number of hydrogen-bond acceptors (Lipinski definition) is 5. The summed E-state index contributed by atoms with van der Waals surface area (Å²) in [4.78, 5) is 0. The van der Waals surface area contributed by atoms with Crippen molar-refractivity contribution in [2.45, 2.75) is 12.1 Å². The summed E-state index contributed by atoms with van der Waals surface area (Å²) >= 11 is 0. The van der Waals surface area contributed by atoms with Crippen molar-refractivity contribution in [2.75, 3.05) is 7.11 Å². The topological polar surface area (TPSA) is 70.4 Å². The van der Waals surface area contributed by atoms with Crippen LogP contribution < -0.4 is 8.92 Å². The average molecular weight is 386 g/mol. The Labute approximate surface area is 146 Å². The van der Waals surface area contributed by atoms with Gasteiger partial charge in [-0.05, 0) is 29.8 Å². The Morgan fingerprint density at radius 3 is 2.35 bits per heavy atom. The van der Waals surface area contributed by atoms with E-state index in [2.05, 4.69) is 9.28 Å². The summed E-state index contributed by atoms with van der Waals surface area (Å²) in [5.41, 5.74) is -4.24. The molecular formula is C16H13F3N2O4S.